The van der Waals surface area contributed by atoms with Gasteiger partial charge in [0.25, 0.3) is 5.56 Å². The third-order valence-corrected chi connectivity index (χ3v) is 6.99. The maximum absolute atomic E-state index is 13.4. The van der Waals surface area contributed by atoms with Gasteiger partial charge in [-0.3, -0.25) is 14.5 Å². The minimum atomic E-state index is -0.180. The zero-order valence-corrected chi connectivity index (χ0v) is 20.8. The van der Waals surface area contributed by atoms with Gasteiger partial charge in [0.2, 0.25) is 5.91 Å². The lowest BCUT2D eigenvalue weighted by molar-refractivity contribution is -0.118. The first-order chi connectivity index (χ1) is 16.5. The number of aryl methyl sites for hydroxylation is 1. The lowest BCUT2D eigenvalue weighted by atomic mass is 10.1. The van der Waals surface area contributed by atoms with Crippen LogP contribution in [0.2, 0.25) is 0 Å². The highest BCUT2D eigenvalue weighted by Gasteiger charge is 2.21. The van der Waals surface area contributed by atoms with Crippen molar-refractivity contribution in [2.75, 3.05) is 17.7 Å². The number of rotatable bonds is 9. The van der Waals surface area contributed by atoms with Crippen LogP contribution in [0.1, 0.15) is 23.2 Å². The van der Waals surface area contributed by atoms with Gasteiger partial charge in [-0.2, -0.15) is 0 Å². The molecule has 0 saturated heterocycles. The highest BCUT2D eigenvalue weighted by atomic mass is 32.2. The van der Waals surface area contributed by atoms with Crippen molar-refractivity contribution in [2.24, 2.45) is 0 Å². The molecule has 2 heterocycles. The molecule has 0 aliphatic rings. The van der Waals surface area contributed by atoms with Gasteiger partial charge in [0.1, 0.15) is 0 Å². The number of carbonyl (C=O) groups is 1. The van der Waals surface area contributed by atoms with E-state index in [9.17, 15) is 9.59 Å². The smallest absolute Gasteiger partial charge is 0.254 e. The van der Waals surface area contributed by atoms with Crippen molar-refractivity contribution < 1.29 is 4.79 Å². The number of amides is 1. The molecule has 0 spiro atoms. The molecule has 2 aromatic heterocycles. The summed E-state index contributed by atoms with van der Waals surface area (Å²) in [5.41, 5.74) is 4.06. The lowest BCUT2D eigenvalue weighted by Crippen LogP contribution is -2.33. The van der Waals surface area contributed by atoms with E-state index in [-0.39, 0.29) is 17.9 Å². The third kappa shape index (κ3) is 5.81. The largest absolute Gasteiger partial charge is 0.301 e. The summed E-state index contributed by atoms with van der Waals surface area (Å²) in [5.74, 6) is -0.0577. The highest BCUT2D eigenvalue weighted by molar-refractivity contribution is 7.98. The number of nitrogens with one attached hydrogen (secondary N) is 1. The molecule has 1 N–H and O–H groups in total. The molecule has 34 heavy (non-hydrogen) atoms. The molecule has 4 aromatic rings. The summed E-state index contributed by atoms with van der Waals surface area (Å²) in [7, 11) is 0. The Balaban J connectivity index is 1.55. The van der Waals surface area contributed by atoms with Crippen molar-refractivity contribution in [3.63, 3.8) is 0 Å². The van der Waals surface area contributed by atoms with Gasteiger partial charge < -0.3 is 4.98 Å². The number of nitrogens with zero attached hydrogens (tertiary/aromatic N) is 3. The molecule has 2 aromatic carbocycles. The Morgan fingerprint density at radius 1 is 1.03 bits per heavy atom. The third-order valence-electron chi connectivity index (χ3n) is 5.54. The van der Waals surface area contributed by atoms with Gasteiger partial charge in [-0.15, -0.1) is 11.3 Å². The molecule has 174 valence electrons. The zero-order chi connectivity index (χ0) is 23.9. The Morgan fingerprint density at radius 3 is 2.41 bits per heavy atom. The van der Waals surface area contributed by atoms with E-state index in [1.165, 1.54) is 23.1 Å². The molecule has 0 bridgehead atoms. The number of benzene rings is 2. The molecule has 6 nitrogen and oxygen atoms in total. The van der Waals surface area contributed by atoms with Crippen molar-refractivity contribution in [1.82, 2.24) is 15.0 Å². The van der Waals surface area contributed by atoms with E-state index >= 15 is 0 Å². The van der Waals surface area contributed by atoms with E-state index in [2.05, 4.69) is 22.1 Å². The lowest BCUT2D eigenvalue weighted by Gasteiger charge is -2.20. The van der Waals surface area contributed by atoms with Crippen molar-refractivity contribution >= 4 is 34.1 Å². The number of anilines is 1. The van der Waals surface area contributed by atoms with Crippen LogP contribution in [-0.4, -0.2) is 33.7 Å². The monoisotopic (exact) mass is 490 g/mol. The summed E-state index contributed by atoms with van der Waals surface area (Å²) in [4.78, 5) is 39.6. The fraction of sp³-hybridized carbons (Fsp3) is 0.231. The van der Waals surface area contributed by atoms with Crippen LogP contribution in [0.5, 0.6) is 0 Å². The Kier molecular flexibility index (Phi) is 7.92. The van der Waals surface area contributed by atoms with E-state index in [0.717, 1.165) is 23.2 Å². The number of aromatic amines is 1. The summed E-state index contributed by atoms with van der Waals surface area (Å²) >= 11 is 2.85. The number of thioether (sulfide) groups is 1. The molecule has 4 rings (SSSR count). The molecule has 0 aliphatic carbocycles. The molecule has 8 heteroatoms. The molecule has 0 unspecified atom stereocenters. The van der Waals surface area contributed by atoms with Crippen LogP contribution in [0.4, 0.5) is 5.13 Å². The summed E-state index contributed by atoms with van der Waals surface area (Å²) in [6.07, 6.45) is 3.12. The maximum Gasteiger partial charge on any atom is 0.254 e. The first kappa shape index (κ1) is 23.9. The number of aromatic nitrogens is 3. The quantitative estimate of drug-likeness (QED) is 0.260. The average molecular weight is 491 g/mol. The van der Waals surface area contributed by atoms with Gasteiger partial charge in [-0.05, 0) is 31.6 Å². The first-order valence-electron chi connectivity index (χ1n) is 11.0. The van der Waals surface area contributed by atoms with Crippen LogP contribution in [0, 0.1) is 6.92 Å². The summed E-state index contributed by atoms with van der Waals surface area (Å²) in [6, 6.07) is 20.0. The Morgan fingerprint density at radius 2 is 1.74 bits per heavy atom. The van der Waals surface area contributed by atoms with Crippen LogP contribution in [0.3, 0.4) is 0 Å². The Bertz CT molecular complexity index is 1300. The highest BCUT2D eigenvalue weighted by Crippen LogP contribution is 2.28. The number of H-pyrrole nitrogens is 1. The fourth-order valence-electron chi connectivity index (χ4n) is 3.68. The van der Waals surface area contributed by atoms with Crippen LogP contribution in [-0.2, 0) is 17.6 Å². The number of carbonyl (C=O) groups excluding carboxylic acids is 1. The molecule has 0 radical (unpaired) electrons. The second-order valence-corrected chi connectivity index (χ2v) is 9.43. The minimum Gasteiger partial charge on any atom is -0.301 e. The molecule has 0 atom stereocenters. The van der Waals surface area contributed by atoms with Crippen LogP contribution >= 0.6 is 23.1 Å². The molecule has 0 aliphatic heterocycles. The molecule has 0 saturated carbocycles. The van der Waals surface area contributed by atoms with Gasteiger partial charge >= 0.3 is 0 Å². The number of hydrogen-bond donors (Lipinski definition) is 1. The van der Waals surface area contributed by atoms with Gasteiger partial charge in [0, 0.05) is 35.2 Å². The van der Waals surface area contributed by atoms with Crippen LogP contribution in [0.25, 0.3) is 11.3 Å². The van der Waals surface area contributed by atoms with E-state index in [1.807, 2.05) is 67.1 Å². The fourth-order valence-corrected chi connectivity index (χ4v) is 4.99. The van der Waals surface area contributed by atoms with Gasteiger partial charge in [-0.25, -0.2) is 9.97 Å². The number of hydrogen-bond acceptors (Lipinski definition) is 6. The second-order valence-electron chi connectivity index (χ2n) is 7.80. The normalized spacial score (nSPS) is 10.9. The standard InChI is InChI=1S/C26H26N4O2S2/c1-18-21(24(32)29-25(27-18)33-2)13-14-23(31)30(16-15-19-9-5-3-6-10-19)26-28-22(17-34-26)20-11-7-4-8-12-20/h3-12,17H,13-16H2,1-2H3,(H,27,29,32). The Labute approximate surface area is 207 Å². The first-order valence-corrected chi connectivity index (χ1v) is 13.1. The number of thiazole rings is 1. The van der Waals surface area contributed by atoms with Gasteiger partial charge in [0.05, 0.1) is 5.69 Å². The predicted octanol–water partition coefficient (Wildman–Crippen LogP) is 5.13. The van der Waals surface area contributed by atoms with E-state index < -0.39 is 0 Å². The topological polar surface area (TPSA) is 79.0 Å². The van der Waals surface area contributed by atoms with Crippen molar-refractivity contribution in [3.8, 4) is 11.3 Å². The summed E-state index contributed by atoms with van der Waals surface area (Å²) < 4.78 is 0. The van der Waals surface area contributed by atoms with E-state index in [4.69, 9.17) is 4.98 Å². The van der Waals surface area contributed by atoms with Crippen molar-refractivity contribution in [3.05, 3.63) is 93.2 Å². The summed E-state index contributed by atoms with van der Waals surface area (Å²) in [5, 5.41) is 3.23. The second kappa shape index (κ2) is 11.3. The molecular formula is C26H26N4O2S2. The zero-order valence-electron chi connectivity index (χ0n) is 19.2. The van der Waals surface area contributed by atoms with Crippen molar-refractivity contribution in [1.29, 1.82) is 0 Å². The predicted molar refractivity (Wildman–Crippen MR) is 140 cm³/mol. The molecule has 0 fully saturated rings. The van der Waals surface area contributed by atoms with Gasteiger partial charge in [-0.1, -0.05) is 72.4 Å². The maximum atomic E-state index is 13.4. The van der Waals surface area contributed by atoms with E-state index in [0.29, 0.717) is 34.5 Å². The average Bonchev–Trinajstić information content (AvgIpc) is 3.34. The molecular weight excluding hydrogens is 464 g/mol. The minimum absolute atomic E-state index is 0.0577. The van der Waals surface area contributed by atoms with E-state index in [1.54, 1.807) is 4.90 Å². The van der Waals surface area contributed by atoms with Crippen molar-refractivity contribution in [2.45, 2.75) is 31.3 Å². The summed E-state index contributed by atoms with van der Waals surface area (Å²) in [6.45, 7) is 2.33. The van der Waals surface area contributed by atoms with Gasteiger partial charge in [0.15, 0.2) is 10.3 Å². The Hall–Kier alpha value is -3.23. The SMILES string of the molecule is CSc1nc(C)c(CCC(=O)N(CCc2ccccc2)c2nc(-c3ccccc3)cs2)c(=O)[nH]1. The van der Waals surface area contributed by atoms with Crippen LogP contribution < -0.4 is 10.5 Å². The van der Waals surface area contributed by atoms with Crippen LogP contribution in [0.15, 0.2) is 76.0 Å². The molecule has 1 amide bonds.